The SMILES string of the molecule is CCOC(=O)[C@H](CNC(=O)CNC(=O)C(CCC1CCN(C(=O)O)CC1)CCC1CCN(C(=O)OC(C)(C)C)CC1)NS(=O)(=O)c1cccc(OC)c1. The van der Waals surface area contributed by atoms with E-state index in [4.69, 9.17) is 14.2 Å². The van der Waals surface area contributed by atoms with Crippen LogP contribution in [0.2, 0.25) is 0 Å². The number of carboxylic acid groups (broad SMARTS) is 1. The maximum Gasteiger partial charge on any atom is 0.410 e. The Bertz CT molecular complexity index is 1500. The van der Waals surface area contributed by atoms with Crippen LogP contribution in [0.3, 0.4) is 0 Å². The van der Waals surface area contributed by atoms with Crippen molar-refractivity contribution in [3.8, 4) is 5.75 Å². The number of nitrogens with zero attached hydrogens (tertiary/aromatic N) is 2. The molecule has 2 aliphatic heterocycles. The number of nitrogens with one attached hydrogen (secondary N) is 3. The monoisotopic (exact) mass is 767 g/mol. The van der Waals surface area contributed by atoms with E-state index in [9.17, 15) is 37.5 Å². The van der Waals surface area contributed by atoms with E-state index in [2.05, 4.69) is 15.4 Å². The molecule has 16 nitrogen and oxygen atoms in total. The fraction of sp³-hybridized carbons (Fsp3) is 0.694. The summed E-state index contributed by atoms with van der Waals surface area (Å²) in [5, 5.41) is 14.5. The molecule has 0 radical (unpaired) electrons. The standard InChI is InChI=1S/C36H57N5O11S/c1-6-51-33(44)30(39-53(48,49)29-9-7-8-28(22-29)50-5)23-37-31(42)24-38-32(43)27(12-10-25-14-18-40(19-15-25)34(45)46)13-11-26-16-20-41(21-17-26)35(47)52-36(2,3)4/h7-9,22,25-27,30,39H,6,10-21,23-24H2,1-5H3,(H,37,42)(H,38,43)(H,45,46)/t27?,30-/m0/s1. The highest BCUT2D eigenvalue weighted by molar-refractivity contribution is 7.89. The van der Waals surface area contributed by atoms with Gasteiger partial charge < -0.3 is 39.8 Å². The van der Waals surface area contributed by atoms with Gasteiger partial charge in [0.1, 0.15) is 17.4 Å². The lowest BCUT2D eigenvalue weighted by Gasteiger charge is -2.34. The average molecular weight is 768 g/mol. The summed E-state index contributed by atoms with van der Waals surface area (Å²) in [5.74, 6) is -1.30. The molecule has 0 aliphatic carbocycles. The molecule has 2 fully saturated rings. The first-order valence-corrected chi connectivity index (χ1v) is 19.8. The summed E-state index contributed by atoms with van der Waals surface area (Å²) in [5.41, 5.74) is -0.576. The van der Waals surface area contributed by atoms with Crippen LogP contribution >= 0.6 is 0 Å². The van der Waals surface area contributed by atoms with Crippen LogP contribution in [0.5, 0.6) is 5.75 Å². The fourth-order valence-electron chi connectivity index (χ4n) is 6.45. The van der Waals surface area contributed by atoms with Gasteiger partial charge in [0.2, 0.25) is 21.8 Å². The smallest absolute Gasteiger partial charge is 0.410 e. The maximum atomic E-state index is 13.5. The third kappa shape index (κ3) is 14.7. The molecule has 53 heavy (non-hydrogen) atoms. The van der Waals surface area contributed by atoms with E-state index < -0.39 is 58.6 Å². The fourth-order valence-corrected chi connectivity index (χ4v) is 7.67. The van der Waals surface area contributed by atoms with E-state index >= 15 is 0 Å². The molecule has 4 amide bonds. The van der Waals surface area contributed by atoms with Gasteiger partial charge in [-0.3, -0.25) is 14.4 Å². The van der Waals surface area contributed by atoms with E-state index in [1.807, 2.05) is 20.8 Å². The molecule has 298 valence electrons. The summed E-state index contributed by atoms with van der Waals surface area (Å²) < 4.78 is 44.0. The number of ether oxygens (including phenoxy) is 3. The van der Waals surface area contributed by atoms with Crippen LogP contribution in [0.4, 0.5) is 9.59 Å². The van der Waals surface area contributed by atoms with E-state index in [1.54, 1.807) is 17.9 Å². The van der Waals surface area contributed by atoms with E-state index in [-0.39, 0.29) is 29.4 Å². The van der Waals surface area contributed by atoms with Crippen molar-refractivity contribution in [2.45, 2.75) is 95.6 Å². The third-order valence-electron chi connectivity index (χ3n) is 9.52. The summed E-state index contributed by atoms with van der Waals surface area (Å²) in [7, 11) is -2.81. The Morgan fingerprint density at radius 2 is 1.51 bits per heavy atom. The first-order valence-electron chi connectivity index (χ1n) is 18.3. The number of likely N-dealkylation sites (tertiary alicyclic amines) is 2. The summed E-state index contributed by atoms with van der Waals surface area (Å²) in [6.07, 6.45) is 4.39. The average Bonchev–Trinajstić information content (AvgIpc) is 3.12. The van der Waals surface area contributed by atoms with Crippen LogP contribution < -0.4 is 20.1 Å². The zero-order valence-electron chi connectivity index (χ0n) is 31.6. The Labute approximate surface area is 312 Å². The van der Waals surface area contributed by atoms with Crippen LogP contribution in [0, 0.1) is 17.8 Å². The Morgan fingerprint density at radius 3 is 2.04 bits per heavy atom. The summed E-state index contributed by atoms with van der Waals surface area (Å²) >= 11 is 0. The number of methoxy groups -OCH3 is 1. The highest BCUT2D eigenvalue weighted by Gasteiger charge is 2.31. The minimum absolute atomic E-state index is 0.0108. The van der Waals surface area contributed by atoms with Crippen molar-refractivity contribution < 1.29 is 51.7 Å². The van der Waals surface area contributed by atoms with Gasteiger partial charge in [-0.05, 0) is 103 Å². The van der Waals surface area contributed by atoms with Crippen molar-refractivity contribution in [3.05, 3.63) is 24.3 Å². The molecule has 2 heterocycles. The number of hydrogen-bond donors (Lipinski definition) is 4. The number of carbonyl (C=O) groups excluding carboxylic acids is 4. The van der Waals surface area contributed by atoms with Crippen molar-refractivity contribution in [2.24, 2.45) is 17.8 Å². The van der Waals surface area contributed by atoms with Gasteiger partial charge in [-0.1, -0.05) is 6.07 Å². The Morgan fingerprint density at radius 1 is 0.925 bits per heavy atom. The Hall–Kier alpha value is -4.12. The predicted molar refractivity (Wildman–Crippen MR) is 195 cm³/mol. The number of benzene rings is 1. The third-order valence-corrected chi connectivity index (χ3v) is 11.0. The molecular formula is C36H57N5O11S. The summed E-state index contributed by atoms with van der Waals surface area (Å²) in [6, 6.07) is 4.25. The topological polar surface area (TPSA) is 210 Å². The highest BCUT2D eigenvalue weighted by Crippen LogP contribution is 2.29. The molecule has 2 atom stereocenters. The number of rotatable bonds is 17. The molecule has 1 aromatic carbocycles. The van der Waals surface area contributed by atoms with Gasteiger partial charge in [0.05, 0.1) is 25.2 Å². The first-order chi connectivity index (χ1) is 25.0. The van der Waals surface area contributed by atoms with Gasteiger partial charge in [-0.2, -0.15) is 4.72 Å². The largest absolute Gasteiger partial charge is 0.497 e. The molecule has 0 bridgehead atoms. The van der Waals surface area contributed by atoms with Crippen molar-refractivity contribution >= 4 is 40.0 Å². The van der Waals surface area contributed by atoms with Crippen molar-refractivity contribution in [1.29, 1.82) is 0 Å². The number of hydrogen-bond acceptors (Lipinski definition) is 10. The molecule has 3 rings (SSSR count). The summed E-state index contributed by atoms with van der Waals surface area (Å²) in [6.45, 7) is 8.29. The zero-order chi connectivity index (χ0) is 39.2. The number of carbonyl (C=O) groups is 5. The van der Waals surface area contributed by atoms with E-state index in [1.165, 1.54) is 30.2 Å². The molecule has 4 N–H and O–H groups in total. The van der Waals surface area contributed by atoms with Crippen molar-refractivity contribution in [2.75, 3.05) is 53.0 Å². The molecule has 17 heteroatoms. The van der Waals surface area contributed by atoms with Crippen LogP contribution in [0.15, 0.2) is 29.2 Å². The molecule has 1 unspecified atom stereocenters. The maximum absolute atomic E-state index is 13.5. The van der Waals surface area contributed by atoms with Gasteiger partial charge in [-0.25, -0.2) is 18.0 Å². The van der Waals surface area contributed by atoms with Gasteiger partial charge in [0.25, 0.3) is 0 Å². The quantitative estimate of drug-likeness (QED) is 0.169. The molecular weight excluding hydrogens is 710 g/mol. The molecule has 0 aromatic heterocycles. The van der Waals surface area contributed by atoms with Gasteiger partial charge in [-0.15, -0.1) is 0 Å². The second-order valence-corrected chi connectivity index (χ2v) is 16.3. The number of piperidine rings is 2. The van der Waals surface area contributed by atoms with Crippen LogP contribution in [-0.4, -0.2) is 118 Å². The summed E-state index contributed by atoms with van der Waals surface area (Å²) in [4.78, 5) is 65.9. The lowest BCUT2D eigenvalue weighted by molar-refractivity contribution is -0.145. The minimum Gasteiger partial charge on any atom is -0.497 e. The van der Waals surface area contributed by atoms with Crippen molar-refractivity contribution in [1.82, 2.24) is 25.2 Å². The molecule has 0 saturated carbocycles. The normalized spacial score (nSPS) is 17.0. The first kappa shape index (κ1) is 43.3. The second kappa shape index (κ2) is 20.4. The molecule has 2 saturated heterocycles. The van der Waals surface area contributed by atoms with Gasteiger partial charge in [0.15, 0.2) is 0 Å². The Balaban J connectivity index is 1.57. The lowest BCUT2D eigenvalue weighted by Crippen LogP contribution is -2.50. The van der Waals surface area contributed by atoms with Gasteiger partial charge in [0, 0.05) is 44.7 Å². The lowest BCUT2D eigenvalue weighted by atomic mass is 9.84. The second-order valence-electron chi connectivity index (χ2n) is 14.6. The zero-order valence-corrected chi connectivity index (χ0v) is 32.4. The Kier molecular flexibility index (Phi) is 16.6. The van der Waals surface area contributed by atoms with Crippen LogP contribution in [0.1, 0.15) is 79.1 Å². The minimum atomic E-state index is -4.20. The van der Waals surface area contributed by atoms with Crippen molar-refractivity contribution in [3.63, 3.8) is 0 Å². The number of amides is 4. The molecule has 2 aliphatic rings. The number of sulfonamides is 1. The van der Waals surface area contributed by atoms with E-state index in [0.717, 1.165) is 38.5 Å². The van der Waals surface area contributed by atoms with E-state index in [0.29, 0.717) is 50.7 Å². The molecule has 0 spiro atoms. The predicted octanol–water partition coefficient (Wildman–Crippen LogP) is 3.35. The number of esters is 1. The molecule has 1 aromatic rings. The highest BCUT2D eigenvalue weighted by atomic mass is 32.2. The van der Waals surface area contributed by atoms with Gasteiger partial charge >= 0.3 is 18.2 Å². The van der Waals surface area contributed by atoms with Crippen LogP contribution in [-0.2, 0) is 33.9 Å². The van der Waals surface area contributed by atoms with Crippen LogP contribution in [0.25, 0.3) is 0 Å².